The van der Waals surface area contributed by atoms with Crippen LogP contribution in [-0.4, -0.2) is 75.7 Å². The molecule has 0 aromatic heterocycles. The van der Waals surface area contributed by atoms with E-state index in [0.717, 1.165) is 0 Å². The first-order valence-electron chi connectivity index (χ1n) is 9.03. The maximum atomic E-state index is 11.5. The summed E-state index contributed by atoms with van der Waals surface area (Å²) in [6.07, 6.45) is 0.285. The fourth-order valence-corrected chi connectivity index (χ4v) is 1.86. The summed E-state index contributed by atoms with van der Waals surface area (Å²) in [5.41, 5.74) is 0.807. The Kier molecular flexibility index (Phi) is 30.1. The van der Waals surface area contributed by atoms with E-state index in [1.165, 1.54) is 14.2 Å². The van der Waals surface area contributed by atoms with E-state index >= 15 is 0 Å². The van der Waals surface area contributed by atoms with E-state index in [4.69, 9.17) is 0 Å². The Morgan fingerprint density at radius 1 is 0.688 bits per heavy atom. The molecule has 0 aliphatic carbocycles. The second-order valence-corrected chi connectivity index (χ2v) is 6.79. The second kappa shape index (κ2) is 24.4. The van der Waals surface area contributed by atoms with E-state index in [1.54, 1.807) is 51.8 Å². The van der Waals surface area contributed by atoms with Gasteiger partial charge < -0.3 is 19.3 Å². The van der Waals surface area contributed by atoms with Crippen LogP contribution in [-0.2, 0) is 28.7 Å². The molecule has 32 heavy (non-hydrogen) atoms. The molecule has 0 aromatic carbocycles. The Morgan fingerprint density at radius 2 is 0.906 bits per heavy atom. The second-order valence-electron chi connectivity index (χ2n) is 6.79. The van der Waals surface area contributed by atoms with Gasteiger partial charge in [-0.25, -0.2) is 0 Å². The first kappa shape index (κ1) is 39.5. The predicted molar refractivity (Wildman–Crippen MR) is 163 cm³/mol. The lowest BCUT2D eigenvalue weighted by Crippen LogP contribution is -2.23. The van der Waals surface area contributed by atoms with Gasteiger partial charge in [0.2, 0.25) is 0 Å². The summed E-state index contributed by atoms with van der Waals surface area (Å²) in [5, 5.41) is 0. The lowest BCUT2D eigenvalue weighted by atomic mass is 10.0. The topological polar surface area (TPSA) is 93.2 Å². The SMILES string of the molecule is C=C(C(=O)C[C@@H](C)C(=O)OC)N(C)C.C=C(C(=O)C[C@H](C)C(=O)OC)N(C)C.II.II. The van der Waals surface area contributed by atoms with Gasteiger partial charge in [0, 0.05) is 115 Å². The minimum absolute atomic E-state index is 0.132. The van der Waals surface area contributed by atoms with E-state index in [0.29, 0.717) is 11.4 Å². The third-order valence-corrected chi connectivity index (χ3v) is 3.91. The molecule has 0 aromatic rings. The molecule has 0 saturated heterocycles. The van der Waals surface area contributed by atoms with Crippen LogP contribution < -0.4 is 0 Å². The van der Waals surface area contributed by atoms with Crippen molar-refractivity contribution in [1.82, 2.24) is 9.80 Å². The maximum Gasteiger partial charge on any atom is 0.308 e. The summed E-state index contributed by atoms with van der Waals surface area (Å²) >= 11 is 8.48. The molecule has 188 valence electrons. The Morgan fingerprint density at radius 3 is 1.06 bits per heavy atom. The molecule has 0 aliphatic rings. The molecule has 0 fully saturated rings. The molecule has 0 rings (SSSR count). The average Bonchev–Trinajstić information content (AvgIpc) is 2.79. The van der Waals surface area contributed by atoms with Crippen LogP contribution in [0.2, 0.25) is 0 Å². The van der Waals surface area contributed by atoms with Crippen molar-refractivity contribution in [1.29, 1.82) is 0 Å². The third kappa shape index (κ3) is 19.7. The van der Waals surface area contributed by atoms with Gasteiger partial charge in [-0.1, -0.05) is 27.0 Å². The summed E-state index contributed by atoms with van der Waals surface area (Å²) in [5.74, 6) is -1.83. The van der Waals surface area contributed by atoms with Crippen LogP contribution in [0.1, 0.15) is 26.7 Å². The molecule has 0 radical (unpaired) electrons. The number of ketones is 2. The third-order valence-electron chi connectivity index (χ3n) is 3.91. The van der Waals surface area contributed by atoms with E-state index in [2.05, 4.69) is 97.1 Å². The van der Waals surface area contributed by atoms with Crippen molar-refractivity contribution < 1.29 is 28.7 Å². The quantitative estimate of drug-likeness (QED) is 0.168. The van der Waals surface area contributed by atoms with Crippen molar-refractivity contribution in [3.63, 3.8) is 0 Å². The largest absolute Gasteiger partial charge is 0.469 e. The van der Waals surface area contributed by atoms with Gasteiger partial charge in [-0.3, -0.25) is 19.2 Å². The number of carbonyl (C=O) groups excluding carboxylic acids is 4. The first-order chi connectivity index (χ1) is 14.8. The zero-order valence-corrected chi connectivity index (χ0v) is 28.5. The normalized spacial score (nSPS) is 10.6. The molecule has 0 N–H and O–H groups in total. The fraction of sp³-hybridized carbons (Fsp3) is 0.600. The van der Waals surface area contributed by atoms with Gasteiger partial charge in [-0.2, -0.15) is 0 Å². The molecule has 0 unspecified atom stereocenters. The van der Waals surface area contributed by atoms with Gasteiger partial charge in [-0.05, 0) is 0 Å². The summed E-state index contributed by atoms with van der Waals surface area (Å²) < 4.78 is 9.04. The van der Waals surface area contributed by atoms with Crippen molar-refractivity contribution in [2.75, 3.05) is 42.4 Å². The molecule has 0 aliphatic heterocycles. The molecular weight excluding hydrogens is 872 g/mol. The zero-order valence-electron chi connectivity index (χ0n) is 19.8. The van der Waals surface area contributed by atoms with Gasteiger partial charge in [0.1, 0.15) is 0 Å². The van der Waals surface area contributed by atoms with E-state index in [9.17, 15) is 19.2 Å². The minimum Gasteiger partial charge on any atom is -0.469 e. The molecular formula is C20H34I4N2O6. The molecule has 2 atom stereocenters. The van der Waals surface area contributed by atoms with Crippen LogP contribution in [0, 0.1) is 11.8 Å². The van der Waals surface area contributed by atoms with Crippen LogP contribution in [0.4, 0.5) is 0 Å². The fourth-order valence-electron chi connectivity index (χ4n) is 1.86. The van der Waals surface area contributed by atoms with Gasteiger partial charge in [0.25, 0.3) is 0 Å². The molecule has 0 bridgehead atoms. The van der Waals surface area contributed by atoms with Gasteiger partial charge in [-0.15, -0.1) is 0 Å². The number of nitrogens with zero attached hydrogens (tertiary/aromatic N) is 2. The standard InChI is InChI=1S/2C10H17NO3.2I2/c2*1-7(10(13)14-5)6-9(12)8(2)11(3)4;2*1-2/h2*7H,2,6H2,1,3-5H3;;/t2*7-;;/m10../s1. The Balaban J connectivity index is -0.000000212. The number of likely N-dealkylation sites (N-methyl/N-ethyl adjacent to an activating group) is 2. The molecule has 0 heterocycles. The number of hydrogen-bond donors (Lipinski definition) is 0. The summed E-state index contributed by atoms with van der Waals surface area (Å²) in [6, 6.07) is 0. The number of carbonyl (C=O) groups is 4. The Labute approximate surface area is 239 Å². The Bertz CT molecular complexity index is 561. The first-order valence-corrected chi connectivity index (χ1v) is 21.6. The van der Waals surface area contributed by atoms with Crippen LogP contribution >= 0.6 is 74.5 Å². The number of hydrogen-bond acceptors (Lipinski definition) is 8. The number of methoxy groups -OCH3 is 2. The van der Waals surface area contributed by atoms with Gasteiger partial charge in [0.05, 0.1) is 37.4 Å². The van der Waals surface area contributed by atoms with Crippen LogP contribution in [0.15, 0.2) is 24.6 Å². The summed E-state index contributed by atoms with van der Waals surface area (Å²) in [4.78, 5) is 48.2. The van der Waals surface area contributed by atoms with E-state index in [1.807, 2.05) is 0 Å². The van der Waals surface area contributed by atoms with Crippen molar-refractivity contribution in [2.45, 2.75) is 26.7 Å². The Hall–Kier alpha value is 0.280. The highest BCUT2D eigenvalue weighted by atomic mass is 128. The van der Waals surface area contributed by atoms with Crippen molar-refractivity contribution in [2.24, 2.45) is 11.8 Å². The smallest absolute Gasteiger partial charge is 0.308 e. The number of esters is 2. The molecule has 0 spiro atoms. The number of Topliss-reactive ketones (excluding diaryl/α,β-unsaturated/α-hetero) is 2. The van der Waals surface area contributed by atoms with Gasteiger partial charge in [0.15, 0.2) is 11.6 Å². The summed E-state index contributed by atoms with van der Waals surface area (Å²) in [7, 11) is 9.58. The number of halogens is 4. The van der Waals surface area contributed by atoms with Crippen molar-refractivity contribution in [3.05, 3.63) is 24.6 Å². The highest BCUT2D eigenvalue weighted by Crippen LogP contribution is 2.10. The maximum absolute atomic E-state index is 11.5. The average molecular weight is 906 g/mol. The molecule has 8 nitrogen and oxygen atoms in total. The zero-order chi connectivity index (χ0) is 26.6. The van der Waals surface area contributed by atoms with Crippen LogP contribution in [0.3, 0.4) is 0 Å². The predicted octanol–water partition coefficient (Wildman–Crippen LogP) is 5.20. The van der Waals surface area contributed by atoms with Crippen LogP contribution in [0.5, 0.6) is 0 Å². The van der Waals surface area contributed by atoms with Crippen molar-refractivity contribution >= 4 is 98.0 Å². The van der Waals surface area contributed by atoms with Crippen molar-refractivity contribution in [3.8, 4) is 0 Å². The lowest BCUT2D eigenvalue weighted by Gasteiger charge is -2.15. The number of rotatable bonds is 10. The minimum atomic E-state index is -0.413. The van der Waals surface area contributed by atoms with E-state index < -0.39 is 11.8 Å². The molecule has 0 amide bonds. The van der Waals surface area contributed by atoms with Gasteiger partial charge >= 0.3 is 11.9 Å². The number of ether oxygens (including phenoxy) is 2. The highest BCUT2D eigenvalue weighted by Gasteiger charge is 2.20. The number of allylic oxidation sites excluding steroid dienone is 2. The molecule has 12 heteroatoms. The molecule has 0 saturated carbocycles. The van der Waals surface area contributed by atoms with Crippen LogP contribution in [0.25, 0.3) is 0 Å². The highest BCUT2D eigenvalue weighted by molar-refractivity contribution is 15.0. The summed E-state index contributed by atoms with van der Waals surface area (Å²) in [6.45, 7) is 10.6. The lowest BCUT2D eigenvalue weighted by molar-refractivity contribution is -0.146. The van der Waals surface area contributed by atoms with E-state index in [-0.39, 0.29) is 36.3 Å². The monoisotopic (exact) mass is 906 g/mol.